The monoisotopic (exact) mass is 479 g/mol. The Morgan fingerprint density at radius 3 is 2.94 bits per heavy atom. The molecule has 9 heteroatoms. The number of fused-ring (bicyclic) bond motifs is 1. The Hall–Kier alpha value is -3.01. The second kappa shape index (κ2) is 10.1. The molecule has 1 fully saturated rings. The molecule has 0 spiro atoms. The average Bonchev–Trinajstić information content (AvgIpc) is 3.46. The van der Waals surface area contributed by atoms with Gasteiger partial charge in [0.25, 0.3) is 0 Å². The first-order chi connectivity index (χ1) is 16.6. The number of nitrogens with one attached hydrogen (secondary N) is 1. The first kappa shape index (κ1) is 22.8. The Kier molecular flexibility index (Phi) is 6.75. The second-order valence-electron chi connectivity index (χ2n) is 8.29. The Morgan fingerprint density at radius 1 is 1.26 bits per heavy atom. The lowest BCUT2D eigenvalue weighted by molar-refractivity contribution is -0.168. The van der Waals surface area contributed by atoms with Gasteiger partial charge in [0.15, 0.2) is 6.29 Å². The summed E-state index contributed by atoms with van der Waals surface area (Å²) in [6.07, 6.45) is 8.68. The summed E-state index contributed by atoms with van der Waals surface area (Å²) in [5.41, 5.74) is 4.89. The molecular formula is C25H29N5O3S. The topological polar surface area (TPSA) is 83.3 Å². The van der Waals surface area contributed by atoms with Crippen molar-refractivity contribution in [2.75, 3.05) is 19.0 Å². The molecule has 0 saturated carbocycles. The summed E-state index contributed by atoms with van der Waals surface area (Å²) in [4.78, 5) is 10.5. The van der Waals surface area contributed by atoms with Crippen molar-refractivity contribution in [3.05, 3.63) is 47.2 Å². The van der Waals surface area contributed by atoms with Crippen LogP contribution in [0.25, 0.3) is 21.3 Å². The number of methoxy groups -OCH3 is 1. The first-order valence-corrected chi connectivity index (χ1v) is 12.4. The van der Waals surface area contributed by atoms with Crippen molar-refractivity contribution in [3.8, 4) is 16.9 Å². The fourth-order valence-electron chi connectivity index (χ4n) is 4.18. The highest BCUT2D eigenvalue weighted by Crippen LogP contribution is 2.42. The van der Waals surface area contributed by atoms with Gasteiger partial charge in [-0.3, -0.25) is 4.68 Å². The van der Waals surface area contributed by atoms with Gasteiger partial charge in [-0.25, -0.2) is 9.97 Å². The van der Waals surface area contributed by atoms with E-state index < -0.39 is 0 Å². The van der Waals surface area contributed by atoms with E-state index in [1.165, 1.54) is 0 Å². The van der Waals surface area contributed by atoms with Crippen LogP contribution in [0.4, 0.5) is 11.6 Å². The van der Waals surface area contributed by atoms with Crippen molar-refractivity contribution >= 4 is 33.2 Å². The molecular weight excluding hydrogens is 450 g/mol. The number of hydrogen-bond acceptors (Lipinski definition) is 8. The molecule has 8 nitrogen and oxygen atoms in total. The third-order valence-corrected chi connectivity index (χ3v) is 6.96. The largest absolute Gasteiger partial charge is 0.496 e. The van der Waals surface area contributed by atoms with Crippen molar-refractivity contribution in [1.29, 1.82) is 0 Å². The highest BCUT2D eigenvalue weighted by molar-refractivity contribution is 7.19. The minimum Gasteiger partial charge on any atom is -0.496 e. The minimum absolute atomic E-state index is 0.116. The van der Waals surface area contributed by atoms with Crippen LogP contribution in [0.2, 0.25) is 0 Å². The van der Waals surface area contributed by atoms with E-state index in [0.29, 0.717) is 12.6 Å². The molecule has 0 amide bonds. The van der Waals surface area contributed by atoms with E-state index in [2.05, 4.69) is 34.5 Å². The van der Waals surface area contributed by atoms with E-state index in [4.69, 9.17) is 19.2 Å². The Labute approximate surface area is 202 Å². The van der Waals surface area contributed by atoms with E-state index >= 15 is 0 Å². The maximum atomic E-state index is 5.96. The van der Waals surface area contributed by atoms with Crippen LogP contribution in [-0.2, 0) is 22.6 Å². The minimum atomic E-state index is -0.116. The van der Waals surface area contributed by atoms with Crippen molar-refractivity contribution in [2.24, 2.45) is 0 Å². The molecule has 34 heavy (non-hydrogen) atoms. The third-order valence-electron chi connectivity index (χ3n) is 5.93. The molecule has 1 aliphatic heterocycles. The van der Waals surface area contributed by atoms with Gasteiger partial charge in [-0.2, -0.15) is 5.10 Å². The summed E-state index contributed by atoms with van der Waals surface area (Å²) in [7, 11) is 1.70. The summed E-state index contributed by atoms with van der Waals surface area (Å²) in [6, 6.07) is 6.22. The molecule has 4 aromatic rings. The van der Waals surface area contributed by atoms with Crippen LogP contribution in [0.1, 0.15) is 36.6 Å². The van der Waals surface area contributed by atoms with Gasteiger partial charge < -0.3 is 19.5 Å². The van der Waals surface area contributed by atoms with E-state index in [0.717, 1.165) is 75.6 Å². The molecule has 1 aromatic carbocycles. The summed E-state index contributed by atoms with van der Waals surface area (Å²) < 4.78 is 20.3. The van der Waals surface area contributed by atoms with Crippen molar-refractivity contribution in [3.63, 3.8) is 0 Å². The molecule has 1 saturated heterocycles. The van der Waals surface area contributed by atoms with E-state index in [-0.39, 0.29) is 6.29 Å². The standard InChI is InChI=1S/C25H29N5O3S/c1-4-30-14-18(12-27-30)28-25-26-13-21-24(29-25)23(16(2)34-21)19-9-8-17(11-20(19)31-3)15-33-22-7-5-6-10-32-22/h8-9,11-14,22H,4-7,10,15H2,1-3H3,(H,26,28,29). The van der Waals surface area contributed by atoms with Crippen LogP contribution >= 0.6 is 11.3 Å². The molecule has 0 aliphatic carbocycles. The number of aryl methyl sites for hydroxylation is 2. The average molecular weight is 480 g/mol. The summed E-state index contributed by atoms with van der Waals surface area (Å²) in [5.74, 6) is 1.34. The molecule has 1 unspecified atom stereocenters. The number of thiophene rings is 1. The fraction of sp³-hybridized carbons (Fsp3) is 0.400. The molecule has 1 aliphatic rings. The van der Waals surface area contributed by atoms with Gasteiger partial charge in [0, 0.05) is 35.4 Å². The van der Waals surface area contributed by atoms with Gasteiger partial charge in [0.2, 0.25) is 5.95 Å². The van der Waals surface area contributed by atoms with Gasteiger partial charge in [-0.05, 0) is 44.7 Å². The normalized spacial score (nSPS) is 16.1. The Morgan fingerprint density at radius 2 is 2.18 bits per heavy atom. The van der Waals surface area contributed by atoms with Gasteiger partial charge in [0.05, 0.1) is 42.0 Å². The van der Waals surface area contributed by atoms with Gasteiger partial charge >= 0.3 is 0 Å². The number of rotatable bonds is 8. The summed E-state index contributed by atoms with van der Waals surface area (Å²) in [6.45, 7) is 6.23. The van der Waals surface area contributed by atoms with Crippen LogP contribution < -0.4 is 10.1 Å². The quantitative estimate of drug-likeness (QED) is 0.348. The zero-order chi connectivity index (χ0) is 23.5. The van der Waals surface area contributed by atoms with Gasteiger partial charge in [-0.15, -0.1) is 11.3 Å². The molecule has 4 heterocycles. The maximum Gasteiger partial charge on any atom is 0.227 e. The predicted molar refractivity (Wildman–Crippen MR) is 134 cm³/mol. The van der Waals surface area contributed by atoms with E-state index in [1.54, 1.807) is 24.6 Å². The fourth-order valence-corrected chi connectivity index (χ4v) is 5.17. The SMILES string of the molecule is CCn1cc(Nc2ncc3sc(C)c(-c4ccc(COC5CCCCO5)cc4OC)c3n2)cn1. The van der Waals surface area contributed by atoms with Crippen molar-refractivity contribution < 1.29 is 14.2 Å². The lowest BCUT2D eigenvalue weighted by atomic mass is 10.0. The van der Waals surface area contributed by atoms with Crippen molar-refractivity contribution in [2.45, 2.75) is 52.6 Å². The number of ether oxygens (including phenoxy) is 3. The van der Waals surface area contributed by atoms with Crippen molar-refractivity contribution in [1.82, 2.24) is 19.7 Å². The number of nitrogens with zero attached hydrogens (tertiary/aromatic N) is 4. The van der Waals surface area contributed by atoms with Crippen LogP contribution in [0, 0.1) is 6.92 Å². The summed E-state index contributed by atoms with van der Waals surface area (Å²) in [5, 5.41) is 7.57. The lowest BCUT2D eigenvalue weighted by Crippen LogP contribution is -2.22. The smallest absolute Gasteiger partial charge is 0.227 e. The van der Waals surface area contributed by atoms with Crippen LogP contribution in [0.15, 0.2) is 36.8 Å². The molecule has 0 radical (unpaired) electrons. The zero-order valence-electron chi connectivity index (χ0n) is 19.7. The van der Waals surface area contributed by atoms with Crippen LogP contribution in [0.5, 0.6) is 5.75 Å². The van der Waals surface area contributed by atoms with Crippen LogP contribution in [-0.4, -0.2) is 39.8 Å². The number of anilines is 2. The Balaban J connectivity index is 1.43. The summed E-state index contributed by atoms with van der Waals surface area (Å²) >= 11 is 1.68. The first-order valence-electron chi connectivity index (χ1n) is 11.6. The van der Waals surface area contributed by atoms with E-state index in [9.17, 15) is 0 Å². The van der Waals surface area contributed by atoms with Gasteiger partial charge in [0.1, 0.15) is 5.75 Å². The second-order valence-corrected chi connectivity index (χ2v) is 9.55. The molecule has 5 rings (SSSR count). The van der Waals surface area contributed by atoms with Gasteiger partial charge in [-0.1, -0.05) is 12.1 Å². The Bertz CT molecular complexity index is 1280. The maximum absolute atomic E-state index is 5.96. The highest BCUT2D eigenvalue weighted by Gasteiger charge is 2.19. The third kappa shape index (κ3) is 4.77. The highest BCUT2D eigenvalue weighted by atomic mass is 32.1. The van der Waals surface area contributed by atoms with Crippen LogP contribution in [0.3, 0.4) is 0 Å². The zero-order valence-corrected chi connectivity index (χ0v) is 20.5. The number of aromatic nitrogens is 4. The molecule has 3 aromatic heterocycles. The molecule has 1 N–H and O–H groups in total. The lowest BCUT2D eigenvalue weighted by Gasteiger charge is -2.22. The molecule has 1 atom stereocenters. The number of hydrogen-bond donors (Lipinski definition) is 1. The van der Waals surface area contributed by atoms with E-state index in [1.807, 2.05) is 30.1 Å². The molecule has 178 valence electrons. The number of benzene rings is 1. The molecule has 0 bridgehead atoms. The predicted octanol–water partition coefficient (Wildman–Crippen LogP) is 5.68.